The molecule has 4 rings (SSSR count). The molecule has 19 heavy (non-hydrogen) atoms. The molecular formula is C11H13N5O3. The molecule has 2 aromatic rings. The lowest BCUT2D eigenvalue weighted by Gasteiger charge is -2.29. The molecule has 0 amide bonds. The van der Waals surface area contributed by atoms with Crippen molar-refractivity contribution >= 4 is 17.0 Å². The molecule has 0 aromatic carbocycles. The summed E-state index contributed by atoms with van der Waals surface area (Å²) in [6.45, 7) is 0.373. The van der Waals surface area contributed by atoms with E-state index in [0.29, 0.717) is 30.0 Å². The van der Waals surface area contributed by atoms with Gasteiger partial charge in [-0.2, -0.15) is 0 Å². The van der Waals surface area contributed by atoms with Crippen LogP contribution in [0.4, 0.5) is 5.82 Å². The lowest BCUT2D eigenvalue weighted by Crippen LogP contribution is -2.38. The van der Waals surface area contributed by atoms with Gasteiger partial charge in [0.15, 0.2) is 17.7 Å². The molecular weight excluding hydrogens is 250 g/mol. The van der Waals surface area contributed by atoms with Crippen LogP contribution in [0.25, 0.3) is 11.2 Å². The fourth-order valence-corrected chi connectivity index (χ4v) is 2.78. The molecule has 0 saturated carbocycles. The van der Waals surface area contributed by atoms with Crippen molar-refractivity contribution < 1.29 is 14.6 Å². The summed E-state index contributed by atoms with van der Waals surface area (Å²) < 4.78 is 13.4. The van der Waals surface area contributed by atoms with E-state index < -0.39 is 5.60 Å². The van der Waals surface area contributed by atoms with Gasteiger partial charge in [0.2, 0.25) is 0 Å². The van der Waals surface area contributed by atoms with E-state index in [4.69, 9.17) is 15.2 Å². The molecule has 3 atom stereocenters. The number of aliphatic hydroxyl groups is 1. The largest absolute Gasteiger partial charge is 0.393 e. The molecule has 4 heterocycles. The van der Waals surface area contributed by atoms with Gasteiger partial charge in [0.25, 0.3) is 0 Å². The number of rotatable bonds is 2. The molecule has 2 aliphatic heterocycles. The van der Waals surface area contributed by atoms with E-state index in [1.54, 1.807) is 10.9 Å². The zero-order valence-corrected chi connectivity index (χ0v) is 10.1. The van der Waals surface area contributed by atoms with E-state index >= 15 is 0 Å². The lowest BCUT2D eigenvalue weighted by molar-refractivity contribution is -0.182. The first kappa shape index (κ1) is 11.1. The molecule has 0 radical (unpaired) electrons. The third kappa shape index (κ3) is 1.41. The number of aliphatic hydroxyl groups excluding tert-OH is 1. The van der Waals surface area contributed by atoms with Crippen LogP contribution in [0.5, 0.6) is 0 Å². The fraction of sp³-hybridized carbons (Fsp3) is 0.545. The number of nitrogens with zero attached hydrogens (tertiary/aromatic N) is 4. The zero-order valence-electron chi connectivity index (χ0n) is 10.1. The quantitative estimate of drug-likeness (QED) is 0.748. The van der Waals surface area contributed by atoms with Gasteiger partial charge in [0, 0.05) is 6.42 Å². The average molecular weight is 263 g/mol. The number of anilines is 1. The molecule has 8 nitrogen and oxygen atoms in total. The summed E-state index contributed by atoms with van der Waals surface area (Å²) in [7, 11) is 0. The maximum Gasteiger partial charge on any atom is 0.167 e. The monoisotopic (exact) mass is 263 g/mol. The second-order valence-corrected chi connectivity index (χ2v) is 4.99. The Morgan fingerprint density at radius 2 is 2.37 bits per heavy atom. The number of ether oxygens (including phenoxy) is 2. The number of hydrogen-bond donors (Lipinski definition) is 2. The SMILES string of the molecule is Nc1ncnc2c1ncn2[C@@H]1O[C@]2(CO)CO[C@H]1C2. The molecule has 0 unspecified atom stereocenters. The van der Waals surface area contributed by atoms with Crippen molar-refractivity contribution in [2.24, 2.45) is 0 Å². The summed E-state index contributed by atoms with van der Waals surface area (Å²) in [4.78, 5) is 12.3. The minimum absolute atomic E-state index is 0.0518. The average Bonchev–Trinajstić information content (AvgIpc) is 3.11. The summed E-state index contributed by atoms with van der Waals surface area (Å²) in [6.07, 6.45) is 3.26. The predicted molar refractivity (Wildman–Crippen MR) is 64.0 cm³/mol. The van der Waals surface area contributed by atoms with Crippen LogP contribution in [0.15, 0.2) is 12.7 Å². The van der Waals surface area contributed by atoms with Crippen molar-refractivity contribution in [2.45, 2.75) is 24.4 Å². The van der Waals surface area contributed by atoms with E-state index in [2.05, 4.69) is 15.0 Å². The van der Waals surface area contributed by atoms with Crippen molar-refractivity contribution in [2.75, 3.05) is 18.9 Å². The first-order valence-corrected chi connectivity index (χ1v) is 6.06. The van der Waals surface area contributed by atoms with Crippen LogP contribution < -0.4 is 5.73 Å². The number of aromatic nitrogens is 4. The van der Waals surface area contributed by atoms with E-state index in [9.17, 15) is 5.11 Å². The maximum atomic E-state index is 9.44. The zero-order chi connectivity index (χ0) is 13.0. The molecule has 2 saturated heterocycles. The van der Waals surface area contributed by atoms with Crippen LogP contribution in [0.3, 0.4) is 0 Å². The summed E-state index contributed by atoms with van der Waals surface area (Å²) in [5.41, 5.74) is 6.33. The van der Waals surface area contributed by atoms with Gasteiger partial charge in [-0.15, -0.1) is 0 Å². The summed E-state index contributed by atoms with van der Waals surface area (Å²) >= 11 is 0. The Morgan fingerprint density at radius 3 is 3.16 bits per heavy atom. The van der Waals surface area contributed by atoms with Gasteiger partial charge in [-0.1, -0.05) is 0 Å². The van der Waals surface area contributed by atoms with Crippen LogP contribution in [-0.4, -0.2) is 49.5 Å². The molecule has 2 aromatic heterocycles. The highest BCUT2D eigenvalue weighted by atomic mass is 16.6. The minimum atomic E-state index is -0.593. The molecule has 3 N–H and O–H groups in total. The Labute approximate surface area is 108 Å². The first-order chi connectivity index (χ1) is 9.22. The first-order valence-electron chi connectivity index (χ1n) is 6.06. The maximum absolute atomic E-state index is 9.44. The van der Waals surface area contributed by atoms with Gasteiger partial charge < -0.3 is 20.3 Å². The highest BCUT2D eigenvalue weighted by Crippen LogP contribution is 2.45. The Balaban J connectivity index is 1.78. The van der Waals surface area contributed by atoms with Crippen molar-refractivity contribution in [3.63, 3.8) is 0 Å². The van der Waals surface area contributed by atoms with Gasteiger partial charge in [0.1, 0.15) is 23.5 Å². The minimum Gasteiger partial charge on any atom is -0.393 e. The van der Waals surface area contributed by atoms with E-state index in [1.165, 1.54) is 6.33 Å². The number of imidazole rings is 1. The normalized spacial score (nSPS) is 33.3. The van der Waals surface area contributed by atoms with Crippen LogP contribution in [-0.2, 0) is 9.47 Å². The molecule has 0 aliphatic carbocycles. The molecule has 2 aliphatic rings. The van der Waals surface area contributed by atoms with Gasteiger partial charge >= 0.3 is 0 Å². The second-order valence-electron chi connectivity index (χ2n) is 4.99. The van der Waals surface area contributed by atoms with Crippen molar-refractivity contribution in [1.82, 2.24) is 19.5 Å². The van der Waals surface area contributed by atoms with Crippen LogP contribution >= 0.6 is 0 Å². The summed E-state index contributed by atoms with van der Waals surface area (Å²) in [6, 6.07) is 0. The predicted octanol–water partition coefficient (Wildman–Crippen LogP) is -0.543. The van der Waals surface area contributed by atoms with Crippen molar-refractivity contribution in [3.05, 3.63) is 12.7 Å². The highest BCUT2D eigenvalue weighted by Gasteiger charge is 2.54. The molecule has 100 valence electrons. The van der Waals surface area contributed by atoms with Gasteiger partial charge in [0.05, 0.1) is 19.5 Å². The standard InChI is InChI=1S/C11H13N5O3/c12-8-7-9(14-4-13-8)16(5-15-7)10-6-1-11(2-17,19-10)3-18-6/h4-6,10,17H,1-3H2,(H2,12,13,14)/t6-,10+,11+/m0/s1. The molecule has 8 heteroatoms. The Kier molecular flexibility index (Phi) is 2.12. The van der Waals surface area contributed by atoms with Crippen LogP contribution in [0, 0.1) is 0 Å². The number of nitrogens with two attached hydrogens (primary N) is 1. The third-order valence-corrected chi connectivity index (χ3v) is 3.77. The number of fused-ring (bicyclic) bond motifs is 3. The topological polar surface area (TPSA) is 108 Å². The Morgan fingerprint density at radius 1 is 1.47 bits per heavy atom. The van der Waals surface area contributed by atoms with Crippen LogP contribution in [0.1, 0.15) is 12.6 Å². The fourth-order valence-electron chi connectivity index (χ4n) is 2.78. The summed E-state index contributed by atoms with van der Waals surface area (Å²) in [5, 5.41) is 9.44. The van der Waals surface area contributed by atoms with Crippen molar-refractivity contribution in [1.29, 1.82) is 0 Å². The van der Waals surface area contributed by atoms with Gasteiger partial charge in [-0.25, -0.2) is 15.0 Å². The highest BCUT2D eigenvalue weighted by molar-refractivity contribution is 5.81. The molecule has 2 bridgehead atoms. The smallest absolute Gasteiger partial charge is 0.167 e. The Hall–Kier alpha value is -1.77. The number of nitrogen functional groups attached to an aromatic ring is 1. The van der Waals surface area contributed by atoms with Gasteiger partial charge in [-0.3, -0.25) is 4.57 Å². The van der Waals surface area contributed by atoms with Crippen molar-refractivity contribution in [3.8, 4) is 0 Å². The molecule has 2 fully saturated rings. The van der Waals surface area contributed by atoms with E-state index in [0.717, 1.165) is 0 Å². The van der Waals surface area contributed by atoms with E-state index in [1.807, 2.05) is 0 Å². The third-order valence-electron chi connectivity index (χ3n) is 3.77. The lowest BCUT2D eigenvalue weighted by atomic mass is 10.0. The Bertz CT molecular complexity index is 644. The van der Waals surface area contributed by atoms with E-state index in [-0.39, 0.29) is 18.9 Å². The second kappa shape index (κ2) is 3.62. The molecule has 0 spiro atoms. The van der Waals surface area contributed by atoms with Crippen LogP contribution in [0.2, 0.25) is 0 Å². The number of hydrogen-bond acceptors (Lipinski definition) is 7. The summed E-state index contributed by atoms with van der Waals surface area (Å²) in [5.74, 6) is 0.338. The van der Waals surface area contributed by atoms with Gasteiger partial charge in [-0.05, 0) is 0 Å².